The number of carbonyl (C=O) groups excluding carboxylic acids is 1. The highest BCUT2D eigenvalue weighted by molar-refractivity contribution is 6.22. The van der Waals surface area contributed by atoms with Gasteiger partial charge in [0.2, 0.25) is 0 Å². The molecule has 1 aliphatic carbocycles. The zero-order valence-electron chi connectivity index (χ0n) is 10.5. The van der Waals surface area contributed by atoms with E-state index in [2.05, 4.69) is 0 Å². The lowest BCUT2D eigenvalue weighted by Gasteiger charge is -2.10. The zero-order valence-corrected chi connectivity index (χ0v) is 10.5. The fraction of sp³-hybridized carbons (Fsp3) is 0.133. The molecule has 1 aromatic carbocycles. The van der Waals surface area contributed by atoms with Crippen molar-refractivity contribution in [2.24, 2.45) is 7.05 Å². The maximum Gasteiger partial charge on any atom is 0.269 e. The second-order valence-electron chi connectivity index (χ2n) is 4.56. The molecule has 0 atom stereocenters. The van der Waals surface area contributed by atoms with Gasteiger partial charge >= 0.3 is 0 Å². The number of rotatable bonds is 0. The Morgan fingerprint density at radius 2 is 1.74 bits per heavy atom. The van der Waals surface area contributed by atoms with Gasteiger partial charge < -0.3 is 4.57 Å². The van der Waals surface area contributed by atoms with E-state index >= 15 is 0 Å². The van der Waals surface area contributed by atoms with Crippen LogP contribution >= 0.6 is 0 Å². The van der Waals surface area contributed by atoms with Crippen molar-refractivity contribution in [3.05, 3.63) is 57.0 Å². The molecule has 0 spiro atoms. The summed E-state index contributed by atoms with van der Waals surface area (Å²) in [4.78, 5) is 24.5. The van der Waals surface area contributed by atoms with Crippen molar-refractivity contribution in [1.29, 1.82) is 5.26 Å². The molecule has 2 aromatic rings. The van der Waals surface area contributed by atoms with Crippen LogP contribution in [0.4, 0.5) is 0 Å². The first-order chi connectivity index (χ1) is 9.07. The zero-order chi connectivity index (χ0) is 13.7. The molecule has 0 radical (unpaired) electrons. The number of aromatic nitrogens is 1. The van der Waals surface area contributed by atoms with E-state index in [4.69, 9.17) is 0 Å². The van der Waals surface area contributed by atoms with Crippen LogP contribution in [-0.2, 0) is 7.05 Å². The smallest absolute Gasteiger partial charge is 0.269 e. The molecular weight excluding hydrogens is 240 g/mol. The van der Waals surface area contributed by atoms with Crippen LogP contribution < -0.4 is 5.56 Å². The van der Waals surface area contributed by atoms with Crippen LogP contribution in [0.5, 0.6) is 0 Å². The van der Waals surface area contributed by atoms with Gasteiger partial charge in [-0.3, -0.25) is 9.59 Å². The van der Waals surface area contributed by atoms with Crippen molar-refractivity contribution in [2.45, 2.75) is 6.92 Å². The van der Waals surface area contributed by atoms with E-state index in [9.17, 15) is 14.9 Å². The molecule has 0 fully saturated rings. The number of nitrogens with zero attached hydrogens (tertiary/aromatic N) is 2. The predicted molar refractivity (Wildman–Crippen MR) is 70.0 cm³/mol. The third-order valence-corrected chi connectivity index (χ3v) is 3.66. The van der Waals surface area contributed by atoms with E-state index in [0.717, 1.165) is 0 Å². The molecule has 0 aliphatic heterocycles. The van der Waals surface area contributed by atoms with Crippen LogP contribution in [0.3, 0.4) is 0 Å². The van der Waals surface area contributed by atoms with Gasteiger partial charge in [-0.2, -0.15) is 5.26 Å². The Morgan fingerprint density at radius 1 is 1.11 bits per heavy atom. The van der Waals surface area contributed by atoms with Crippen LogP contribution in [0.1, 0.15) is 27.2 Å². The van der Waals surface area contributed by atoms with Crippen LogP contribution in [0.2, 0.25) is 0 Å². The number of benzene rings is 1. The topological polar surface area (TPSA) is 62.9 Å². The highest BCUT2D eigenvalue weighted by Gasteiger charge is 2.32. The average molecular weight is 250 g/mol. The van der Waals surface area contributed by atoms with Gasteiger partial charge in [0.25, 0.3) is 5.56 Å². The van der Waals surface area contributed by atoms with Gasteiger partial charge in [0.1, 0.15) is 11.6 Å². The third kappa shape index (κ3) is 1.27. The fourth-order valence-corrected chi connectivity index (χ4v) is 2.59. The molecular formula is C15H10N2O2. The summed E-state index contributed by atoms with van der Waals surface area (Å²) in [5.41, 5.74) is 2.48. The van der Waals surface area contributed by atoms with E-state index in [1.54, 1.807) is 38.2 Å². The summed E-state index contributed by atoms with van der Waals surface area (Å²) in [5.74, 6) is -0.116. The number of nitriles is 1. The summed E-state index contributed by atoms with van der Waals surface area (Å²) >= 11 is 0. The number of hydrogen-bond acceptors (Lipinski definition) is 3. The highest BCUT2D eigenvalue weighted by Crippen LogP contribution is 2.38. The summed E-state index contributed by atoms with van der Waals surface area (Å²) < 4.78 is 1.36. The lowest BCUT2D eigenvalue weighted by Crippen LogP contribution is -2.24. The minimum absolute atomic E-state index is 0.0430. The normalized spacial score (nSPS) is 11.9. The Kier molecular flexibility index (Phi) is 2.20. The monoisotopic (exact) mass is 250 g/mol. The predicted octanol–water partition coefficient (Wildman–Crippen LogP) is 1.78. The fourth-order valence-electron chi connectivity index (χ4n) is 2.59. The van der Waals surface area contributed by atoms with Crippen molar-refractivity contribution in [3.8, 4) is 17.2 Å². The second-order valence-corrected chi connectivity index (χ2v) is 4.56. The van der Waals surface area contributed by atoms with E-state index in [0.29, 0.717) is 27.9 Å². The van der Waals surface area contributed by atoms with Crippen LogP contribution in [0, 0.1) is 18.3 Å². The van der Waals surface area contributed by atoms with Gasteiger partial charge in [-0.25, -0.2) is 0 Å². The Bertz CT molecular complexity index is 838. The molecule has 4 nitrogen and oxygen atoms in total. The van der Waals surface area contributed by atoms with Crippen molar-refractivity contribution < 1.29 is 4.79 Å². The summed E-state index contributed by atoms with van der Waals surface area (Å²) in [7, 11) is 1.58. The first kappa shape index (κ1) is 11.4. The van der Waals surface area contributed by atoms with Gasteiger partial charge in [-0.1, -0.05) is 24.3 Å². The van der Waals surface area contributed by atoms with Crippen LogP contribution in [0.25, 0.3) is 11.1 Å². The van der Waals surface area contributed by atoms with Gasteiger partial charge in [0, 0.05) is 23.9 Å². The largest absolute Gasteiger partial charge is 0.314 e. The molecule has 0 saturated carbocycles. The molecule has 1 heterocycles. The first-order valence-electron chi connectivity index (χ1n) is 5.85. The molecule has 0 saturated heterocycles. The molecule has 19 heavy (non-hydrogen) atoms. The minimum Gasteiger partial charge on any atom is -0.314 e. The van der Waals surface area contributed by atoms with Crippen LogP contribution in [-0.4, -0.2) is 10.4 Å². The van der Waals surface area contributed by atoms with Gasteiger partial charge in [-0.15, -0.1) is 0 Å². The number of carbonyl (C=O) groups is 1. The Labute approximate surface area is 109 Å². The summed E-state index contributed by atoms with van der Waals surface area (Å²) in [6.07, 6.45) is 0. The molecule has 1 aliphatic rings. The van der Waals surface area contributed by atoms with Gasteiger partial charge in [0.05, 0.1) is 5.56 Å². The molecule has 92 valence electrons. The minimum atomic E-state index is -0.358. The standard InChI is InChI=1S/C15H10N2O2/c1-8-12-13(11(7-16)15(19)17(8)2)9-5-3-4-6-10(9)14(12)18/h3-6H,1-2H3. The Hall–Kier alpha value is -2.67. The molecule has 0 amide bonds. The highest BCUT2D eigenvalue weighted by atomic mass is 16.1. The molecule has 3 rings (SSSR count). The second kappa shape index (κ2) is 3.66. The van der Waals surface area contributed by atoms with Crippen molar-refractivity contribution in [1.82, 2.24) is 4.57 Å². The molecule has 0 unspecified atom stereocenters. The van der Waals surface area contributed by atoms with Crippen LogP contribution in [0.15, 0.2) is 29.1 Å². The van der Waals surface area contributed by atoms with E-state index in [1.807, 2.05) is 6.07 Å². The molecule has 0 N–H and O–H groups in total. The number of pyridine rings is 1. The van der Waals surface area contributed by atoms with Crippen molar-refractivity contribution in [3.63, 3.8) is 0 Å². The maximum absolute atomic E-state index is 12.4. The SMILES string of the molecule is Cc1c2c(c(C#N)c(=O)n1C)-c1ccccc1C2=O. The average Bonchev–Trinajstić information content (AvgIpc) is 2.72. The first-order valence-corrected chi connectivity index (χ1v) is 5.85. The summed E-state index contributed by atoms with van der Waals surface area (Å²) in [6, 6.07) is 9.02. The van der Waals surface area contributed by atoms with E-state index in [-0.39, 0.29) is 16.9 Å². The van der Waals surface area contributed by atoms with E-state index < -0.39 is 0 Å². The van der Waals surface area contributed by atoms with Gasteiger partial charge in [0.15, 0.2) is 5.78 Å². The molecule has 1 aromatic heterocycles. The number of fused-ring (bicyclic) bond motifs is 3. The lowest BCUT2D eigenvalue weighted by atomic mass is 10.0. The summed E-state index contributed by atoms with van der Waals surface area (Å²) in [5, 5.41) is 9.24. The quantitative estimate of drug-likeness (QED) is 0.611. The maximum atomic E-state index is 12.4. The van der Waals surface area contributed by atoms with Gasteiger partial charge in [-0.05, 0) is 12.5 Å². The Balaban J connectivity index is 2.59. The lowest BCUT2D eigenvalue weighted by molar-refractivity contribution is 0.104. The van der Waals surface area contributed by atoms with Crippen molar-refractivity contribution in [2.75, 3.05) is 0 Å². The summed E-state index contributed by atoms with van der Waals surface area (Å²) in [6.45, 7) is 1.73. The third-order valence-electron chi connectivity index (χ3n) is 3.66. The van der Waals surface area contributed by atoms with Crippen molar-refractivity contribution >= 4 is 5.78 Å². The van der Waals surface area contributed by atoms with E-state index in [1.165, 1.54) is 4.57 Å². The molecule has 4 heteroatoms. The number of hydrogen-bond donors (Lipinski definition) is 0. The number of ketones is 1. The Morgan fingerprint density at radius 3 is 2.37 bits per heavy atom. The molecule has 0 bridgehead atoms.